The molecule has 3 amide bonds. The van der Waals surface area contributed by atoms with Crippen LogP contribution in [0.1, 0.15) is 46.5 Å². The molecule has 0 saturated heterocycles. The van der Waals surface area contributed by atoms with Crippen LogP contribution in [0.4, 0.5) is 4.79 Å². The topological polar surface area (TPSA) is 108 Å². The van der Waals surface area contributed by atoms with Gasteiger partial charge in [0.25, 0.3) is 0 Å². The van der Waals surface area contributed by atoms with Crippen molar-refractivity contribution in [3.05, 3.63) is 0 Å². The van der Waals surface area contributed by atoms with E-state index < -0.39 is 12.0 Å². The zero-order valence-electron chi connectivity index (χ0n) is 13.1. The predicted octanol–water partition coefficient (Wildman–Crippen LogP) is 1.09. The number of carbonyl (C=O) groups is 3. The first-order chi connectivity index (χ1) is 9.86. The van der Waals surface area contributed by atoms with Gasteiger partial charge in [-0.3, -0.25) is 14.9 Å². The fourth-order valence-electron chi connectivity index (χ4n) is 1.68. The second-order valence-corrected chi connectivity index (χ2v) is 5.26. The Kier molecular flexibility index (Phi) is 10.2. The Morgan fingerprint density at radius 1 is 1.14 bits per heavy atom. The van der Waals surface area contributed by atoms with Crippen molar-refractivity contribution in [2.45, 2.75) is 52.5 Å². The molecule has 0 bridgehead atoms. The van der Waals surface area contributed by atoms with Crippen LogP contribution in [-0.2, 0) is 9.59 Å². The lowest BCUT2D eigenvalue weighted by atomic mass is 10.0. The summed E-state index contributed by atoms with van der Waals surface area (Å²) in [6.07, 6.45) is 2.99. The molecule has 0 aromatic carbocycles. The largest absolute Gasteiger partial charge is 0.481 e. The highest BCUT2D eigenvalue weighted by Crippen LogP contribution is 2.09. The van der Waals surface area contributed by atoms with Crippen molar-refractivity contribution in [1.29, 1.82) is 0 Å². The fraction of sp³-hybridized carbons (Fsp3) is 0.786. The number of nitrogens with one attached hydrogen (secondary N) is 3. The Bertz CT molecular complexity index is 347. The van der Waals surface area contributed by atoms with Crippen molar-refractivity contribution in [3.8, 4) is 0 Å². The van der Waals surface area contributed by atoms with Gasteiger partial charge in [0.1, 0.15) is 0 Å². The maximum Gasteiger partial charge on any atom is 0.321 e. The molecule has 4 N–H and O–H groups in total. The van der Waals surface area contributed by atoms with Crippen LogP contribution in [0.25, 0.3) is 0 Å². The second kappa shape index (κ2) is 11.1. The molecular formula is C14H27N3O4. The summed E-state index contributed by atoms with van der Waals surface area (Å²) >= 11 is 0. The Morgan fingerprint density at radius 2 is 1.81 bits per heavy atom. The van der Waals surface area contributed by atoms with E-state index in [1.54, 1.807) is 6.92 Å². The Labute approximate surface area is 125 Å². The van der Waals surface area contributed by atoms with E-state index in [0.717, 1.165) is 19.3 Å². The minimum atomic E-state index is -0.784. The minimum absolute atomic E-state index is 0.0647. The van der Waals surface area contributed by atoms with E-state index in [2.05, 4.69) is 16.0 Å². The van der Waals surface area contributed by atoms with Gasteiger partial charge in [0.15, 0.2) is 0 Å². The molecular weight excluding hydrogens is 274 g/mol. The molecule has 2 unspecified atom stereocenters. The number of urea groups is 1. The van der Waals surface area contributed by atoms with Gasteiger partial charge in [-0.15, -0.1) is 0 Å². The summed E-state index contributed by atoms with van der Waals surface area (Å²) in [4.78, 5) is 33.4. The van der Waals surface area contributed by atoms with E-state index in [-0.39, 0.29) is 24.4 Å². The van der Waals surface area contributed by atoms with Crippen molar-refractivity contribution in [2.75, 3.05) is 13.1 Å². The molecule has 0 aromatic rings. The fourth-order valence-corrected chi connectivity index (χ4v) is 1.68. The molecule has 0 heterocycles. The summed E-state index contributed by atoms with van der Waals surface area (Å²) in [7, 11) is 0. The monoisotopic (exact) mass is 301 g/mol. The van der Waals surface area contributed by atoms with E-state index in [4.69, 9.17) is 5.11 Å². The maximum atomic E-state index is 11.5. The zero-order valence-corrected chi connectivity index (χ0v) is 13.1. The molecule has 0 saturated carbocycles. The molecule has 0 aliphatic rings. The molecule has 122 valence electrons. The molecule has 2 atom stereocenters. The Balaban J connectivity index is 3.72. The van der Waals surface area contributed by atoms with Gasteiger partial charge in [0, 0.05) is 12.6 Å². The highest BCUT2D eigenvalue weighted by Gasteiger charge is 2.12. The average molecular weight is 301 g/mol. The van der Waals surface area contributed by atoms with Gasteiger partial charge in [-0.05, 0) is 26.2 Å². The van der Waals surface area contributed by atoms with Crippen molar-refractivity contribution in [3.63, 3.8) is 0 Å². The van der Waals surface area contributed by atoms with E-state index in [9.17, 15) is 14.4 Å². The lowest BCUT2D eigenvalue weighted by Crippen LogP contribution is -2.45. The lowest BCUT2D eigenvalue weighted by Gasteiger charge is -2.14. The summed E-state index contributed by atoms with van der Waals surface area (Å²) in [6, 6.07) is -0.387. The van der Waals surface area contributed by atoms with Crippen molar-refractivity contribution in [2.24, 2.45) is 5.92 Å². The predicted molar refractivity (Wildman–Crippen MR) is 79.9 cm³/mol. The molecule has 0 fully saturated rings. The second-order valence-electron chi connectivity index (χ2n) is 5.26. The summed E-state index contributed by atoms with van der Waals surface area (Å²) in [5.41, 5.74) is 0. The SMILES string of the molecule is CCCNC(=O)NC(=O)CNC(C)CCCC(C)C(=O)O. The molecule has 0 spiro atoms. The van der Waals surface area contributed by atoms with Gasteiger partial charge in [-0.2, -0.15) is 0 Å². The summed E-state index contributed by atoms with van der Waals surface area (Å²) in [5.74, 6) is -1.51. The highest BCUT2D eigenvalue weighted by molar-refractivity contribution is 5.95. The van der Waals surface area contributed by atoms with E-state index in [0.29, 0.717) is 13.0 Å². The van der Waals surface area contributed by atoms with Crippen molar-refractivity contribution in [1.82, 2.24) is 16.0 Å². The number of carbonyl (C=O) groups excluding carboxylic acids is 2. The first kappa shape index (κ1) is 19.4. The molecule has 0 aliphatic heterocycles. The number of rotatable bonds is 10. The summed E-state index contributed by atoms with van der Waals surface area (Å²) in [5, 5.41) is 16.6. The van der Waals surface area contributed by atoms with Crippen LogP contribution in [0.3, 0.4) is 0 Å². The van der Waals surface area contributed by atoms with Crippen molar-refractivity contribution >= 4 is 17.9 Å². The van der Waals surface area contributed by atoms with Gasteiger partial charge in [-0.25, -0.2) is 4.79 Å². The smallest absolute Gasteiger partial charge is 0.321 e. The molecule has 7 nitrogen and oxygen atoms in total. The van der Waals surface area contributed by atoms with Crippen molar-refractivity contribution < 1.29 is 19.5 Å². The van der Waals surface area contributed by atoms with Crippen LogP contribution < -0.4 is 16.0 Å². The third-order valence-electron chi connectivity index (χ3n) is 3.10. The third-order valence-corrected chi connectivity index (χ3v) is 3.10. The van der Waals surface area contributed by atoms with E-state index >= 15 is 0 Å². The molecule has 0 radical (unpaired) electrons. The standard InChI is InChI=1S/C14H27N3O4/c1-4-8-15-14(21)17-12(18)9-16-11(3)7-5-6-10(2)13(19)20/h10-11,16H,4-9H2,1-3H3,(H,19,20)(H2,15,17,18,21). The summed E-state index contributed by atoms with van der Waals surface area (Å²) < 4.78 is 0. The third kappa shape index (κ3) is 10.8. The molecule has 0 aliphatic carbocycles. The highest BCUT2D eigenvalue weighted by atomic mass is 16.4. The molecule has 7 heteroatoms. The number of imide groups is 1. The number of carboxylic acids is 1. The van der Waals surface area contributed by atoms with Crippen LogP contribution in [0.15, 0.2) is 0 Å². The van der Waals surface area contributed by atoms with Crippen LogP contribution >= 0.6 is 0 Å². The van der Waals surface area contributed by atoms with Gasteiger partial charge in [-0.1, -0.05) is 20.3 Å². The van der Waals surface area contributed by atoms with Gasteiger partial charge >= 0.3 is 12.0 Å². The van der Waals surface area contributed by atoms with Gasteiger partial charge in [0.2, 0.25) is 5.91 Å². The minimum Gasteiger partial charge on any atom is -0.481 e. The van der Waals surface area contributed by atoms with Crippen LogP contribution in [0, 0.1) is 5.92 Å². The number of aliphatic carboxylic acids is 1. The quantitative estimate of drug-likeness (QED) is 0.483. The number of amides is 3. The number of hydrogen-bond donors (Lipinski definition) is 4. The van der Waals surface area contributed by atoms with E-state index in [1.165, 1.54) is 0 Å². The van der Waals surface area contributed by atoms with Crippen LogP contribution in [0.2, 0.25) is 0 Å². The first-order valence-corrected chi connectivity index (χ1v) is 7.40. The number of hydrogen-bond acceptors (Lipinski definition) is 4. The Morgan fingerprint density at radius 3 is 2.38 bits per heavy atom. The molecule has 21 heavy (non-hydrogen) atoms. The normalized spacial score (nSPS) is 13.3. The van der Waals surface area contributed by atoms with Gasteiger partial charge in [0.05, 0.1) is 12.5 Å². The number of carboxylic acid groups (broad SMARTS) is 1. The lowest BCUT2D eigenvalue weighted by molar-refractivity contribution is -0.141. The van der Waals surface area contributed by atoms with Crippen LogP contribution in [0.5, 0.6) is 0 Å². The first-order valence-electron chi connectivity index (χ1n) is 7.40. The van der Waals surface area contributed by atoms with Gasteiger partial charge < -0.3 is 15.7 Å². The summed E-state index contributed by atoms with van der Waals surface area (Å²) in [6.45, 7) is 6.13. The molecule has 0 aromatic heterocycles. The van der Waals surface area contributed by atoms with Crippen LogP contribution in [-0.4, -0.2) is 42.1 Å². The zero-order chi connectivity index (χ0) is 16.3. The Hall–Kier alpha value is -1.63. The molecule has 0 rings (SSSR count). The maximum absolute atomic E-state index is 11.5. The average Bonchev–Trinajstić information content (AvgIpc) is 2.42. The van der Waals surface area contributed by atoms with E-state index in [1.807, 2.05) is 13.8 Å².